The van der Waals surface area contributed by atoms with Crippen LogP contribution in [0.4, 0.5) is 11.4 Å². The molecule has 3 aromatic carbocycles. The number of sulfonamides is 1. The number of amides is 1. The molecule has 9 heteroatoms. The fourth-order valence-electron chi connectivity index (χ4n) is 3.75. The highest BCUT2D eigenvalue weighted by Crippen LogP contribution is 2.16. The van der Waals surface area contributed by atoms with Gasteiger partial charge >= 0.3 is 0 Å². The molecule has 0 radical (unpaired) electrons. The normalized spacial score (nSPS) is 14.4. The van der Waals surface area contributed by atoms with Crippen LogP contribution >= 0.6 is 0 Å². The number of carbonyl (C=O) groups excluding carboxylic acids is 1. The van der Waals surface area contributed by atoms with Crippen LogP contribution in [0.3, 0.4) is 0 Å². The Morgan fingerprint density at radius 2 is 1.77 bits per heavy atom. The van der Waals surface area contributed by atoms with Crippen molar-refractivity contribution >= 4 is 33.3 Å². The Bertz CT molecular complexity index is 1290. The summed E-state index contributed by atoms with van der Waals surface area (Å²) in [5, 5.41) is 9.30. The van der Waals surface area contributed by atoms with Gasteiger partial charge in [-0.25, -0.2) is 13.1 Å². The van der Waals surface area contributed by atoms with Crippen molar-refractivity contribution in [1.29, 1.82) is 0 Å². The van der Waals surface area contributed by atoms with Crippen molar-refractivity contribution < 1.29 is 13.2 Å². The monoisotopic (exact) mass is 491 g/mol. The summed E-state index contributed by atoms with van der Waals surface area (Å²) in [5.74, 6) is 0.494. The zero-order valence-corrected chi connectivity index (χ0v) is 20.3. The lowest BCUT2D eigenvalue weighted by molar-refractivity contribution is 0.102. The molecule has 8 nitrogen and oxygen atoms in total. The first-order chi connectivity index (χ1) is 16.9. The first-order valence-corrected chi connectivity index (χ1v) is 13.0. The Hall–Kier alpha value is -3.69. The van der Waals surface area contributed by atoms with Crippen molar-refractivity contribution in [3.63, 3.8) is 0 Å². The van der Waals surface area contributed by atoms with E-state index >= 15 is 0 Å². The molecule has 35 heavy (non-hydrogen) atoms. The Labute approximate surface area is 205 Å². The van der Waals surface area contributed by atoms with Gasteiger partial charge in [-0.1, -0.05) is 36.4 Å². The third kappa shape index (κ3) is 6.91. The highest BCUT2D eigenvalue weighted by Gasteiger charge is 2.17. The number of nitrogens with zero attached hydrogens (tertiary/aromatic N) is 1. The number of aliphatic imine (C=N–C) groups is 1. The van der Waals surface area contributed by atoms with Gasteiger partial charge in [0, 0.05) is 36.1 Å². The van der Waals surface area contributed by atoms with Crippen LogP contribution in [-0.4, -0.2) is 39.4 Å². The number of anilines is 2. The summed E-state index contributed by atoms with van der Waals surface area (Å²) < 4.78 is 27.7. The molecule has 0 aliphatic carbocycles. The standard InChI is InChI=1S/C26H29N5O3S/c1-19(31-35(33,34)24-9-3-2-4-10-24)17-20-11-13-22(14-12-20)29-25(32)21-7-5-8-23(18-21)30-26-27-15-6-16-28-26/h2-5,7-14,18-19,31H,6,15-17H2,1H3,(H,29,32)(H2,27,28,30). The lowest BCUT2D eigenvalue weighted by atomic mass is 10.1. The van der Waals surface area contributed by atoms with Crippen LogP contribution in [0.1, 0.15) is 29.3 Å². The van der Waals surface area contributed by atoms with E-state index in [1.807, 2.05) is 43.3 Å². The van der Waals surface area contributed by atoms with Crippen LogP contribution in [0.25, 0.3) is 0 Å². The fourth-order valence-corrected chi connectivity index (χ4v) is 5.01. The lowest BCUT2D eigenvalue weighted by Gasteiger charge is -2.16. The number of rotatable bonds is 8. The molecule has 3 aromatic rings. The summed E-state index contributed by atoms with van der Waals surface area (Å²) in [4.78, 5) is 17.4. The second-order valence-electron chi connectivity index (χ2n) is 8.41. The molecule has 0 spiro atoms. The second kappa shape index (κ2) is 11.2. The number of hydrogen-bond donors (Lipinski definition) is 4. The summed E-state index contributed by atoms with van der Waals surface area (Å²) in [7, 11) is -3.57. The van der Waals surface area contributed by atoms with E-state index in [1.54, 1.807) is 42.5 Å². The zero-order valence-electron chi connectivity index (χ0n) is 19.5. The largest absolute Gasteiger partial charge is 0.356 e. The van der Waals surface area contributed by atoms with E-state index in [9.17, 15) is 13.2 Å². The molecule has 1 aliphatic heterocycles. The van der Waals surface area contributed by atoms with Crippen LogP contribution in [-0.2, 0) is 16.4 Å². The Morgan fingerprint density at radius 3 is 2.49 bits per heavy atom. The first kappa shape index (κ1) is 24.4. The van der Waals surface area contributed by atoms with Gasteiger partial charge in [0.05, 0.1) is 4.90 Å². The molecule has 0 bridgehead atoms. The predicted molar refractivity (Wildman–Crippen MR) is 139 cm³/mol. The number of guanidine groups is 1. The molecule has 0 saturated heterocycles. The smallest absolute Gasteiger partial charge is 0.255 e. The summed E-state index contributed by atoms with van der Waals surface area (Å²) in [6, 6.07) is 22.7. The SMILES string of the molecule is CC(Cc1ccc(NC(=O)c2cccc(NC3=NCCCN3)c2)cc1)NS(=O)(=O)c1ccccc1. The molecule has 0 fully saturated rings. The number of benzene rings is 3. The van der Waals surface area contributed by atoms with Crippen molar-refractivity contribution in [2.24, 2.45) is 4.99 Å². The maximum absolute atomic E-state index is 12.8. The van der Waals surface area contributed by atoms with E-state index in [2.05, 4.69) is 25.7 Å². The maximum Gasteiger partial charge on any atom is 0.255 e. The topological polar surface area (TPSA) is 112 Å². The molecule has 1 heterocycles. The number of nitrogens with one attached hydrogen (secondary N) is 4. The van der Waals surface area contributed by atoms with Crippen LogP contribution in [0.5, 0.6) is 0 Å². The van der Waals surface area contributed by atoms with Gasteiger partial charge in [-0.15, -0.1) is 0 Å². The zero-order chi connectivity index (χ0) is 24.7. The van der Waals surface area contributed by atoms with Crippen LogP contribution in [0, 0.1) is 0 Å². The van der Waals surface area contributed by atoms with Gasteiger partial charge in [0.15, 0.2) is 5.96 Å². The minimum absolute atomic E-state index is 0.219. The molecule has 182 valence electrons. The molecule has 1 unspecified atom stereocenters. The average Bonchev–Trinajstić information content (AvgIpc) is 2.86. The molecule has 1 atom stereocenters. The van der Waals surface area contributed by atoms with Crippen molar-refractivity contribution in [3.05, 3.63) is 90.0 Å². The maximum atomic E-state index is 12.8. The summed E-state index contributed by atoms with van der Waals surface area (Å²) in [6.07, 6.45) is 1.53. The summed E-state index contributed by atoms with van der Waals surface area (Å²) in [5.41, 5.74) is 2.93. The van der Waals surface area contributed by atoms with Gasteiger partial charge in [-0.2, -0.15) is 0 Å². The van der Waals surface area contributed by atoms with E-state index in [0.29, 0.717) is 23.6 Å². The van der Waals surface area contributed by atoms with Gasteiger partial charge in [-0.3, -0.25) is 9.79 Å². The predicted octanol–water partition coefficient (Wildman–Crippen LogP) is 3.61. The van der Waals surface area contributed by atoms with Crippen molar-refractivity contribution in [1.82, 2.24) is 10.0 Å². The molecular formula is C26H29N5O3S. The molecule has 4 rings (SSSR count). The highest BCUT2D eigenvalue weighted by atomic mass is 32.2. The Kier molecular flexibility index (Phi) is 7.79. The minimum atomic E-state index is -3.57. The third-order valence-corrected chi connectivity index (χ3v) is 7.05. The quantitative estimate of drug-likeness (QED) is 0.385. The van der Waals surface area contributed by atoms with Gasteiger partial charge < -0.3 is 16.0 Å². The van der Waals surface area contributed by atoms with E-state index in [1.165, 1.54) is 0 Å². The highest BCUT2D eigenvalue weighted by molar-refractivity contribution is 7.89. The third-order valence-electron chi connectivity index (χ3n) is 5.45. The van der Waals surface area contributed by atoms with Gasteiger partial charge in [0.25, 0.3) is 5.91 Å². The van der Waals surface area contributed by atoms with Gasteiger partial charge in [0.1, 0.15) is 0 Å². The summed E-state index contributed by atoms with van der Waals surface area (Å²) >= 11 is 0. The Morgan fingerprint density at radius 1 is 1.00 bits per heavy atom. The molecule has 4 N–H and O–H groups in total. The van der Waals surface area contributed by atoms with Gasteiger partial charge in [-0.05, 0) is 67.8 Å². The second-order valence-corrected chi connectivity index (χ2v) is 10.1. The van der Waals surface area contributed by atoms with Gasteiger partial charge in [0.2, 0.25) is 10.0 Å². The molecular weight excluding hydrogens is 462 g/mol. The van der Waals surface area contributed by atoms with Crippen LogP contribution in [0.2, 0.25) is 0 Å². The number of carbonyl (C=O) groups is 1. The Balaban J connectivity index is 1.33. The molecule has 1 aliphatic rings. The average molecular weight is 492 g/mol. The molecule has 0 saturated carbocycles. The van der Waals surface area contributed by atoms with E-state index in [4.69, 9.17) is 0 Å². The van der Waals surface area contributed by atoms with Crippen molar-refractivity contribution in [3.8, 4) is 0 Å². The fraction of sp³-hybridized carbons (Fsp3) is 0.231. The van der Waals surface area contributed by atoms with Crippen molar-refractivity contribution in [2.45, 2.75) is 30.7 Å². The summed E-state index contributed by atoms with van der Waals surface area (Å²) in [6.45, 7) is 3.48. The van der Waals surface area contributed by atoms with Crippen molar-refractivity contribution in [2.75, 3.05) is 23.7 Å². The minimum Gasteiger partial charge on any atom is -0.356 e. The van der Waals surface area contributed by atoms with Crippen LogP contribution in [0.15, 0.2) is 88.8 Å². The molecule has 1 amide bonds. The van der Waals surface area contributed by atoms with E-state index in [-0.39, 0.29) is 16.8 Å². The van der Waals surface area contributed by atoms with E-state index in [0.717, 1.165) is 30.8 Å². The van der Waals surface area contributed by atoms with Crippen LogP contribution < -0.4 is 20.7 Å². The van der Waals surface area contributed by atoms with E-state index < -0.39 is 10.0 Å². The number of hydrogen-bond acceptors (Lipinski definition) is 6. The first-order valence-electron chi connectivity index (χ1n) is 11.5. The lowest BCUT2D eigenvalue weighted by Crippen LogP contribution is -2.35. The molecule has 0 aromatic heterocycles.